The third-order valence-electron chi connectivity index (χ3n) is 3.46. The summed E-state index contributed by atoms with van der Waals surface area (Å²) in [5, 5.41) is 18.6. The van der Waals surface area contributed by atoms with E-state index < -0.39 is 14.9 Å². The van der Waals surface area contributed by atoms with Gasteiger partial charge in [-0.25, -0.2) is 13.1 Å². The highest BCUT2D eigenvalue weighted by atomic mass is 32.2. The summed E-state index contributed by atoms with van der Waals surface area (Å²) in [6.07, 6.45) is 0.188. The summed E-state index contributed by atoms with van der Waals surface area (Å²) in [6.45, 7) is 0.0153. The standard InChI is InChI=1S/C16H14N4O5S/c21-20(22)13-7-4-8-14(11-13)26(23,24)17-10-9-15-18-19-16(25-15)12-5-2-1-3-6-12/h1-8,11,17H,9-10H2. The first-order chi connectivity index (χ1) is 12.5. The molecule has 0 saturated heterocycles. The Hall–Kier alpha value is -3.11. The summed E-state index contributed by atoms with van der Waals surface area (Å²) in [5.41, 5.74) is 0.473. The van der Waals surface area contributed by atoms with Crippen molar-refractivity contribution in [2.24, 2.45) is 0 Å². The van der Waals surface area contributed by atoms with Crippen LogP contribution in [0.2, 0.25) is 0 Å². The molecule has 0 atom stereocenters. The Balaban J connectivity index is 1.63. The second-order valence-electron chi connectivity index (χ2n) is 5.27. The first-order valence-electron chi connectivity index (χ1n) is 7.57. The van der Waals surface area contributed by atoms with Gasteiger partial charge in [-0.3, -0.25) is 10.1 Å². The Morgan fingerprint density at radius 1 is 1.08 bits per heavy atom. The van der Waals surface area contributed by atoms with Crippen LogP contribution in [-0.4, -0.2) is 30.1 Å². The van der Waals surface area contributed by atoms with Crippen LogP contribution in [0.1, 0.15) is 5.89 Å². The van der Waals surface area contributed by atoms with E-state index in [1.165, 1.54) is 18.2 Å². The Morgan fingerprint density at radius 2 is 1.85 bits per heavy atom. The van der Waals surface area contributed by atoms with Crippen LogP contribution in [0, 0.1) is 10.1 Å². The third-order valence-corrected chi connectivity index (χ3v) is 4.92. The molecule has 1 N–H and O–H groups in total. The summed E-state index contributed by atoms with van der Waals surface area (Å²) in [5.74, 6) is 0.632. The predicted octanol–water partition coefficient (Wildman–Crippen LogP) is 2.17. The van der Waals surface area contributed by atoms with Crippen molar-refractivity contribution in [1.82, 2.24) is 14.9 Å². The number of rotatable bonds is 7. The molecule has 0 fully saturated rings. The number of nitro benzene ring substituents is 1. The van der Waals surface area contributed by atoms with Gasteiger partial charge in [0.2, 0.25) is 21.8 Å². The Labute approximate surface area is 148 Å². The summed E-state index contributed by atoms with van der Waals surface area (Å²) in [6, 6.07) is 14.0. The van der Waals surface area contributed by atoms with Crippen molar-refractivity contribution in [3.05, 3.63) is 70.6 Å². The lowest BCUT2D eigenvalue weighted by Gasteiger charge is -2.05. The molecule has 0 radical (unpaired) electrons. The van der Waals surface area contributed by atoms with Crippen LogP contribution in [-0.2, 0) is 16.4 Å². The van der Waals surface area contributed by atoms with Crippen LogP contribution < -0.4 is 4.72 Å². The van der Waals surface area contributed by atoms with Crippen molar-refractivity contribution in [2.75, 3.05) is 6.54 Å². The van der Waals surface area contributed by atoms with E-state index in [2.05, 4.69) is 14.9 Å². The monoisotopic (exact) mass is 374 g/mol. The normalized spacial score (nSPS) is 11.4. The van der Waals surface area contributed by atoms with E-state index >= 15 is 0 Å². The molecule has 0 unspecified atom stereocenters. The number of nitrogens with zero attached hydrogens (tertiary/aromatic N) is 3. The molecule has 0 aliphatic heterocycles. The van der Waals surface area contributed by atoms with E-state index in [4.69, 9.17) is 4.42 Å². The van der Waals surface area contributed by atoms with Gasteiger partial charge in [-0.05, 0) is 18.2 Å². The molecule has 3 aromatic rings. The molecule has 9 nitrogen and oxygen atoms in total. The first kappa shape index (κ1) is 17.7. The minimum atomic E-state index is -3.88. The highest BCUT2D eigenvalue weighted by Crippen LogP contribution is 2.18. The molecule has 1 heterocycles. The molecule has 0 spiro atoms. The quantitative estimate of drug-likeness (QED) is 0.495. The van der Waals surface area contributed by atoms with Gasteiger partial charge in [0.05, 0.1) is 9.82 Å². The molecule has 10 heteroatoms. The lowest BCUT2D eigenvalue weighted by atomic mass is 10.2. The van der Waals surface area contributed by atoms with Crippen molar-refractivity contribution < 1.29 is 17.8 Å². The Kier molecular flexibility index (Phi) is 5.05. The number of non-ortho nitro benzene ring substituents is 1. The molecule has 0 aliphatic carbocycles. The topological polar surface area (TPSA) is 128 Å². The fourth-order valence-electron chi connectivity index (χ4n) is 2.19. The molecule has 0 saturated carbocycles. The van der Waals surface area contributed by atoms with Gasteiger partial charge in [-0.15, -0.1) is 10.2 Å². The Bertz CT molecular complexity index is 1020. The highest BCUT2D eigenvalue weighted by molar-refractivity contribution is 7.89. The number of nitrogens with one attached hydrogen (secondary N) is 1. The second kappa shape index (κ2) is 7.42. The smallest absolute Gasteiger partial charge is 0.270 e. The van der Waals surface area contributed by atoms with Crippen molar-refractivity contribution in [1.29, 1.82) is 0 Å². The van der Waals surface area contributed by atoms with Crippen molar-refractivity contribution in [3.63, 3.8) is 0 Å². The van der Waals surface area contributed by atoms with Gasteiger partial charge in [0.1, 0.15) is 0 Å². The van der Waals surface area contributed by atoms with E-state index in [-0.39, 0.29) is 29.4 Å². The number of aromatic nitrogens is 2. The van der Waals surface area contributed by atoms with Crippen LogP contribution in [0.5, 0.6) is 0 Å². The van der Waals surface area contributed by atoms with E-state index in [1.807, 2.05) is 30.3 Å². The number of hydrogen-bond acceptors (Lipinski definition) is 7. The summed E-state index contributed by atoms with van der Waals surface area (Å²) < 4.78 is 32.3. The lowest BCUT2D eigenvalue weighted by molar-refractivity contribution is -0.385. The molecule has 26 heavy (non-hydrogen) atoms. The summed E-state index contributed by atoms with van der Waals surface area (Å²) in [4.78, 5) is 9.93. The van der Waals surface area contributed by atoms with Crippen LogP contribution in [0.25, 0.3) is 11.5 Å². The van der Waals surface area contributed by atoms with E-state index in [9.17, 15) is 18.5 Å². The number of sulfonamides is 1. The minimum Gasteiger partial charge on any atom is -0.421 e. The molecule has 0 amide bonds. The maximum Gasteiger partial charge on any atom is 0.270 e. The summed E-state index contributed by atoms with van der Waals surface area (Å²) >= 11 is 0. The maximum absolute atomic E-state index is 12.2. The number of hydrogen-bond donors (Lipinski definition) is 1. The fourth-order valence-corrected chi connectivity index (χ4v) is 3.26. The first-order valence-corrected chi connectivity index (χ1v) is 9.06. The van der Waals surface area contributed by atoms with Crippen LogP contribution >= 0.6 is 0 Å². The average Bonchev–Trinajstić information content (AvgIpc) is 3.11. The molecular formula is C16H14N4O5S. The summed E-state index contributed by atoms with van der Waals surface area (Å²) in [7, 11) is -3.88. The van der Waals surface area contributed by atoms with Crippen molar-refractivity contribution in [2.45, 2.75) is 11.3 Å². The molecule has 0 bridgehead atoms. The van der Waals surface area contributed by atoms with E-state index in [0.29, 0.717) is 5.89 Å². The molecule has 3 rings (SSSR count). The minimum absolute atomic E-state index is 0.0153. The van der Waals surface area contributed by atoms with Gasteiger partial charge in [0.25, 0.3) is 5.69 Å². The van der Waals surface area contributed by atoms with E-state index in [1.54, 1.807) is 0 Å². The molecule has 134 valence electrons. The van der Waals surface area contributed by atoms with Gasteiger partial charge in [0, 0.05) is 30.7 Å². The number of nitro groups is 1. The van der Waals surface area contributed by atoms with Crippen LogP contribution in [0.3, 0.4) is 0 Å². The van der Waals surface area contributed by atoms with Gasteiger partial charge in [-0.1, -0.05) is 24.3 Å². The number of benzene rings is 2. The zero-order valence-corrected chi connectivity index (χ0v) is 14.2. The molecular weight excluding hydrogens is 360 g/mol. The SMILES string of the molecule is O=[N+]([O-])c1cccc(S(=O)(=O)NCCc2nnc(-c3ccccc3)o2)c1. The van der Waals surface area contributed by atoms with Gasteiger partial charge >= 0.3 is 0 Å². The molecule has 0 aliphatic rings. The van der Waals surface area contributed by atoms with Crippen molar-refractivity contribution >= 4 is 15.7 Å². The zero-order chi connectivity index (χ0) is 18.6. The van der Waals surface area contributed by atoms with E-state index in [0.717, 1.165) is 11.6 Å². The van der Waals surface area contributed by atoms with Gasteiger partial charge in [0.15, 0.2) is 0 Å². The highest BCUT2D eigenvalue weighted by Gasteiger charge is 2.17. The van der Waals surface area contributed by atoms with Gasteiger partial charge < -0.3 is 4.42 Å². The molecule has 2 aromatic carbocycles. The predicted molar refractivity (Wildman–Crippen MR) is 91.7 cm³/mol. The largest absolute Gasteiger partial charge is 0.421 e. The second-order valence-corrected chi connectivity index (χ2v) is 7.04. The lowest BCUT2D eigenvalue weighted by Crippen LogP contribution is -2.26. The average molecular weight is 374 g/mol. The van der Waals surface area contributed by atoms with Crippen LogP contribution in [0.15, 0.2) is 63.9 Å². The third kappa shape index (κ3) is 4.10. The Morgan fingerprint density at radius 3 is 2.58 bits per heavy atom. The maximum atomic E-state index is 12.2. The zero-order valence-electron chi connectivity index (χ0n) is 13.4. The molecule has 1 aromatic heterocycles. The fraction of sp³-hybridized carbons (Fsp3) is 0.125. The van der Waals surface area contributed by atoms with Crippen LogP contribution in [0.4, 0.5) is 5.69 Å². The van der Waals surface area contributed by atoms with Gasteiger partial charge in [-0.2, -0.15) is 0 Å². The van der Waals surface area contributed by atoms with Crippen molar-refractivity contribution in [3.8, 4) is 11.5 Å².